The summed E-state index contributed by atoms with van der Waals surface area (Å²) in [6.07, 6.45) is -0.848. The average molecular weight is 628 g/mol. The van der Waals surface area contributed by atoms with Gasteiger partial charge < -0.3 is 24.4 Å². The Morgan fingerprint density at radius 2 is 1.38 bits per heavy atom. The molecule has 26 heavy (non-hydrogen) atoms. The van der Waals surface area contributed by atoms with Gasteiger partial charge in [0.15, 0.2) is 0 Å². The number of halogens is 4. The number of rotatable bonds is 9. The highest BCUT2D eigenvalue weighted by Crippen LogP contribution is 2.42. The molecule has 1 rings (SSSR count). The molecular weight excluding hydrogens is 612 g/mol. The molecule has 0 aliphatic rings. The number of hydrogen-bond acceptors (Lipinski definition) is 7. The molecule has 1 aromatic carbocycles. The van der Waals surface area contributed by atoms with Crippen molar-refractivity contribution < 1.29 is 34.0 Å². The second kappa shape index (κ2) is 11.7. The highest BCUT2D eigenvalue weighted by molar-refractivity contribution is 9.15. The summed E-state index contributed by atoms with van der Waals surface area (Å²) in [5, 5.41) is 17.9. The van der Waals surface area contributed by atoms with Gasteiger partial charge in [-0.3, -0.25) is 0 Å². The van der Waals surface area contributed by atoms with E-state index in [1.807, 2.05) is 0 Å². The summed E-state index contributed by atoms with van der Waals surface area (Å²) in [6, 6.07) is 0. The number of ether oxygens (including phenoxy) is 3. The van der Waals surface area contributed by atoms with E-state index in [9.17, 15) is 14.7 Å². The number of esters is 2. The van der Waals surface area contributed by atoms with E-state index in [-0.39, 0.29) is 44.2 Å². The zero-order valence-electron chi connectivity index (χ0n) is 13.6. The van der Waals surface area contributed by atoms with Crippen LogP contribution in [0, 0.1) is 0 Å². The van der Waals surface area contributed by atoms with Crippen molar-refractivity contribution in [3.05, 3.63) is 29.0 Å². The van der Waals surface area contributed by atoms with E-state index in [1.54, 1.807) is 0 Å². The van der Waals surface area contributed by atoms with Gasteiger partial charge in [0.05, 0.1) is 37.1 Å². The van der Waals surface area contributed by atoms with Crippen LogP contribution in [-0.4, -0.2) is 61.3 Å². The fourth-order valence-corrected chi connectivity index (χ4v) is 4.16. The maximum atomic E-state index is 12.5. The van der Waals surface area contributed by atoms with Crippen LogP contribution in [0.25, 0.3) is 0 Å². The molecule has 0 amide bonds. The second-order valence-corrected chi connectivity index (χ2v) is 8.10. The number of aliphatic hydroxyl groups is 2. The zero-order valence-corrected chi connectivity index (χ0v) is 19.9. The van der Waals surface area contributed by atoms with Crippen molar-refractivity contribution in [2.45, 2.75) is 13.0 Å². The van der Waals surface area contributed by atoms with Gasteiger partial charge >= 0.3 is 11.9 Å². The first kappa shape index (κ1) is 24.0. The number of benzene rings is 1. The lowest BCUT2D eigenvalue weighted by atomic mass is 10.1. The lowest BCUT2D eigenvalue weighted by Gasteiger charge is -2.16. The predicted octanol–water partition coefficient (Wildman–Crippen LogP) is 3.44. The molecule has 0 aliphatic carbocycles. The first-order valence-electron chi connectivity index (χ1n) is 7.29. The van der Waals surface area contributed by atoms with Crippen LogP contribution in [0.5, 0.6) is 0 Å². The molecule has 1 unspecified atom stereocenters. The molecule has 11 heteroatoms. The second-order valence-electron chi connectivity index (χ2n) is 4.93. The summed E-state index contributed by atoms with van der Waals surface area (Å²) in [7, 11) is 0. The quantitative estimate of drug-likeness (QED) is 0.187. The van der Waals surface area contributed by atoms with Gasteiger partial charge in [0.25, 0.3) is 0 Å². The van der Waals surface area contributed by atoms with E-state index in [1.165, 1.54) is 6.92 Å². The van der Waals surface area contributed by atoms with Gasteiger partial charge in [0.1, 0.15) is 13.2 Å². The first-order valence-corrected chi connectivity index (χ1v) is 10.5. The molecule has 0 heterocycles. The van der Waals surface area contributed by atoms with Crippen LogP contribution in [-0.2, 0) is 14.2 Å². The average Bonchev–Trinajstić information content (AvgIpc) is 2.60. The maximum Gasteiger partial charge on any atom is 0.340 e. The van der Waals surface area contributed by atoms with E-state index < -0.39 is 18.0 Å². The molecule has 0 radical (unpaired) electrons. The van der Waals surface area contributed by atoms with Crippen molar-refractivity contribution in [3.63, 3.8) is 0 Å². The van der Waals surface area contributed by atoms with Crippen molar-refractivity contribution in [2.75, 3.05) is 33.0 Å². The summed E-state index contributed by atoms with van der Waals surface area (Å²) in [6.45, 7) is 1.29. The number of carbonyl (C=O) groups is 2. The van der Waals surface area contributed by atoms with Gasteiger partial charge in [-0.25, -0.2) is 9.59 Å². The van der Waals surface area contributed by atoms with Crippen LogP contribution in [0.15, 0.2) is 17.9 Å². The van der Waals surface area contributed by atoms with Crippen molar-refractivity contribution >= 4 is 75.7 Å². The van der Waals surface area contributed by atoms with Crippen molar-refractivity contribution in [2.24, 2.45) is 0 Å². The normalized spacial score (nSPS) is 12.0. The van der Waals surface area contributed by atoms with Crippen LogP contribution < -0.4 is 0 Å². The van der Waals surface area contributed by atoms with E-state index in [2.05, 4.69) is 63.7 Å². The van der Waals surface area contributed by atoms with E-state index >= 15 is 0 Å². The van der Waals surface area contributed by atoms with Gasteiger partial charge in [-0.05, 0) is 70.6 Å². The maximum absolute atomic E-state index is 12.5. The molecule has 7 nitrogen and oxygen atoms in total. The highest BCUT2D eigenvalue weighted by atomic mass is 79.9. The van der Waals surface area contributed by atoms with E-state index in [0.29, 0.717) is 17.9 Å². The summed E-state index contributed by atoms with van der Waals surface area (Å²) in [5.74, 6) is -1.56. The Hall–Kier alpha value is -0.0400. The van der Waals surface area contributed by atoms with Crippen molar-refractivity contribution in [1.82, 2.24) is 0 Å². The number of carbonyl (C=O) groups excluding carboxylic acids is 2. The van der Waals surface area contributed by atoms with Crippen LogP contribution in [0.2, 0.25) is 0 Å². The first-order chi connectivity index (χ1) is 12.2. The van der Waals surface area contributed by atoms with Crippen LogP contribution in [0.1, 0.15) is 27.6 Å². The molecular formula is C15H16Br4O7. The SMILES string of the molecule is CC(O)COC(=O)c1c(Br)c(Br)c(Br)c(Br)c1C(=O)OCCOCCO. The Morgan fingerprint density at radius 1 is 0.885 bits per heavy atom. The molecule has 0 aliphatic heterocycles. The van der Waals surface area contributed by atoms with Crippen molar-refractivity contribution in [3.8, 4) is 0 Å². The molecule has 1 aromatic rings. The fraction of sp³-hybridized carbons (Fsp3) is 0.467. The van der Waals surface area contributed by atoms with Gasteiger partial charge in [0.2, 0.25) is 0 Å². The highest BCUT2D eigenvalue weighted by Gasteiger charge is 2.30. The monoisotopic (exact) mass is 624 g/mol. The molecule has 0 aromatic heterocycles. The zero-order chi connectivity index (χ0) is 19.9. The lowest BCUT2D eigenvalue weighted by Crippen LogP contribution is -2.21. The Kier molecular flexibility index (Phi) is 10.8. The predicted molar refractivity (Wildman–Crippen MR) is 107 cm³/mol. The summed E-state index contributed by atoms with van der Waals surface area (Å²) in [4.78, 5) is 25.0. The molecule has 0 saturated heterocycles. The minimum Gasteiger partial charge on any atom is -0.460 e. The van der Waals surface area contributed by atoms with Crippen LogP contribution >= 0.6 is 63.7 Å². The largest absolute Gasteiger partial charge is 0.460 e. The minimum atomic E-state index is -0.848. The molecule has 0 bridgehead atoms. The standard InChI is InChI=1S/C15H16Br4O7/c1-7(21)6-26-15(23)9-8(10(16)12(18)13(19)11(9)17)14(22)25-5-4-24-3-2-20/h7,20-21H,2-6H2,1H3. The molecule has 146 valence electrons. The number of hydrogen-bond donors (Lipinski definition) is 2. The van der Waals surface area contributed by atoms with Gasteiger partial charge in [-0.1, -0.05) is 0 Å². The third-order valence-electron chi connectivity index (χ3n) is 2.83. The Morgan fingerprint density at radius 3 is 1.85 bits per heavy atom. The van der Waals surface area contributed by atoms with Gasteiger partial charge in [-0.2, -0.15) is 0 Å². The summed E-state index contributed by atoms with van der Waals surface area (Å²) in [5.41, 5.74) is -0.0847. The van der Waals surface area contributed by atoms with E-state index in [0.717, 1.165) is 0 Å². The summed E-state index contributed by atoms with van der Waals surface area (Å²) < 4.78 is 16.8. The molecule has 2 N–H and O–H groups in total. The Bertz CT molecular complexity index is 664. The Labute approximate surface area is 183 Å². The van der Waals surface area contributed by atoms with Gasteiger partial charge in [0, 0.05) is 17.9 Å². The molecule has 0 fully saturated rings. The van der Waals surface area contributed by atoms with Gasteiger partial charge in [-0.15, -0.1) is 0 Å². The smallest absolute Gasteiger partial charge is 0.340 e. The van der Waals surface area contributed by atoms with E-state index in [4.69, 9.17) is 19.3 Å². The Balaban J connectivity index is 3.15. The van der Waals surface area contributed by atoms with Crippen molar-refractivity contribution in [1.29, 1.82) is 0 Å². The topological polar surface area (TPSA) is 102 Å². The number of aliphatic hydroxyl groups excluding tert-OH is 2. The molecule has 0 spiro atoms. The third kappa shape index (κ3) is 6.54. The van der Waals surface area contributed by atoms with Crippen LogP contribution in [0.4, 0.5) is 0 Å². The molecule has 1 atom stereocenters. The fourth-order valence-electron chi connectivity index (χ4n) is 1.72. The third-order valence-corrected chi connectivity index (χ3v) is 7.60. The summed E-state index contributed by atoms with van der Waals surface area (Å²) >= 11 is 13.2. The molecule has 0 saturated carbocycles. The van der Waals surface area contributed by atoms with Crippen LogP contribution in [0.3, 0.4) is 0 Å². The lowest BCUT2D eigenvalue weighted by molar-refractivity contribution is 0.0235. The minimum absolute atomic E-state index is 0.0373.